The molecule has 1 heterocycles. The third-order valence-electron chi connectivity index (χ3n) is 2.38. The molecule has 84 valence electrons. The van der Waals surface area contributed by atoms with Crippen LogP contribution in [0.2, 0.25) is 0 Å². The van der Waals surface area contributed by atoms with Crippen molar-refractivity contribution in [3.05, 3.63) is 0 Å². The highest BCUT2D eigenvalue weighted by atomic mass is 19.4. The second-order valence-corrected chi connectivity index (χ2v) is 3.39. The van der Waals surface area contributed by atoms with Gasteiger partial charge in [0, 0.05) is 13.7 Å². The predicted octanol–water partition coefficient (Wildman–Crippen LogP) is 1.24. The van der Waals surface area contributed by atoms with Crippen molar-refractivity contribution < 1.29 is 22.6 Å². The fourth-order valence-corrected chi connectivity index (χ4v) is 1.69. The van der Waals surface area contributed by atoms with Gasteiger partial charge in [0.05, 0.1) is 18.8 Å². The van der Waals surface area contributed by atoms with E-state index in [0.29, 0.717) is 13.0 Å². The van der Waals surface area contributed by atoms with Crippen LogP contribution in [0.5, 0.6) is 0 Å². The zero-order valence-electron chi connectivity index (χ0n) is 8.17. The lowest BCUT2D eigenvalue weighted by molar-refractivity contribution is -0.344. The number of nitrogens with zero attached hydrogens (tertiary/aromatic N) is 1. The van der Waals surface area contributed by atoms with Crippen molar-refractivity contribution in [1.29, 1.82) is 0 Å². The van der Waals surface area contributed by atoms with E-state index in [0.717, 1.165) is 0 Å². The maximum atomic E-state index is 12.0. The normalized spacial score (nSPS) is 29.8. The van der Waals surface area contributed by atoms with Crippen molar-refractivity contribution in [2.45, 2.75) is 24.9 Å². The van der Waals surface area contributed by atoms with Crippen LogP contribution in [-0.2, 0) is 9.47 Å². The van der Waals surface area contributed by atoms with Gasteiger partial charge in [-0.25, -0.2) is 0 Å². The zero-order valence-corrected chi connectivity index (χ0v) is 8.17. The Kier molecular flexibility index (Phi) is 3.74. The van der Waals surface area contributed by atoms with Gasteiger partial charge in [0.15, 0.2) is 0 Å². The van der Waals surface area contributed by atoms with Crippen molar-refractivity contribution in [3.63, 3.8) is 0 Å². The fraction of sp³-hybridized carbons (Fsp3) is 1.00. The van der Waals surface area contributed by atoms with Crippen LogP contribution in [0, 0.1) is 0 Å². The SMILES string of the molecule is COC[C@@H]1[C@@H](OC(F)(F)F)CCN1C. The van der Waals surface area contributed by atoms with Crippen LogP contribution in [0.1, 0.15) is 6.42 Å². The molecule has 0 bridgehead atoms. The second kappa shape index (κ2) is 4.46. The van der Waals surface area contributed by atoms with E-state index in [9.17, 15) is 13.2 Å². The van der Waals surface area contributed by atoms with Crippen molar-refractivity contribution in [3.8, 4) is 0 Å². The molecule has 0 spiro atoms. The molecule has 1 saturated heterocycles. The van der Waals surface area contributed by atoms with Gasteiger partial charge >= 0.3 is 6.36 Å². The number of likely N-dealkylation sites (tertiary alicyclic amines) is 1. The Labute approximate surface area is 80.8 Å². The van der Waals surface area contributed by atoms with Gasteiger partial charge in [-0.1, -0.05) is 0 Å². The summed E-state index contributed by atoms with van der Waals surface area (Å²) in [5.41, 5.74) is 0. The smallest absolute Gasteiger partial charge is 0.383 e. The number of alkyl halides is 3. The van der Waals surface area contributed by atoms with Crippen molar-refractivity contribution >= 4 is 0 Å². The highest BCUT2D eigenvalue weighted by Gasteiger charge is 2.41. The number of hydrogen-bond donors (Lipinski definition) is 0. The molecule has 0 N–H and O–H groups in total. The molecule has 0 radical (unpaired) electrons. The Hall–Kier alpha value is -0.330. The lowest BCUT2D eigenvalue weighted by Crippen LogP contribution is -2.39. The largest absolute Gasteiger partial charge is 0.522 e. The van der Waals surface area contributed by atoms with Crippen LogP contribution in [0.4, 0.5) is 13.2 Å². The second-order valence-electron chi connectivity index (χ2n) is 3.39. The monoisotopic (exact) mass is 213 g/mol. The summed E-state index contributed by atoms with van der Waals surface area (Å²) in [6.45, 7) is 0.867. The minimum atomic E-state index is -4.55. The molecule has 2 atom stereocenters. The molecule has 0 aromatic heterocycles. The van der Waals surface area contributed by atoms with Gasteiger partial charge in [-0.15, -0.1) is 13.2 Å². The van der Waals surface area contributed by atoms with E-state index in [1.165, 1.54) is 7.11 Å². The summed E-state index contributed by atoms with van der Waals surface area (Å²) >= 11 is 0. The summed E-state index contributed by atoms with van der Waals surface area (Å²) in [4.78, 5) is 1.82. The predicted molar refractivity (Wildman–Crippen MR) is 43.8 cm³/mol. The van der Waals surface area contributed by atoms with E-state index in [2.05, 4.69) is 4.74 Å². The van der Waals surface area contributed by atoms with Crippen LogP contribution in [-0.4, -0.2) is 50.7 Å². The lowest BCUT2D eigenvalue weighted by atomic mass is 10.2. The van der Waals surface area contributed by atoms with Gasteiger partial charge in [-0.2, -0.15) is 0 Å². The summed E-state index contributed by atoms with van der Waals surface area (Å²) in [7, 11) is 3.24. The third-order valence-corrected chi connectivity index (χ3v) is 2.38. The molecule has 6 heteroatoms. The van der Waals surface area contributed by atoms with Crippen molar-refractivity contribution in [2.75, 3.05) is 27.3 Å². The summed E-state index contributed by atoms with van der Waals surface area (Å²) < 4.78 is 44.8. The van der Waals surface area contributed by atoms with Crippen molar-refractivity contribution in [2.24, 2.45) is 0 Å². The number of methoxy groups -OCH3 is 1. The Bertz CT molecular complexity index is 186. The molecule has 14 heavy (non-hydrogen) atoms. The van der Waals surface area contributed by atoms with E-state index < -0.39 is 12.5 Å². The van der Waals surface area contributed by atoms with Gasteiger partial charge in [-0.05, 0) is 13.5 Å². The molecule has 3 nitrogen and oxygen atoms in total. The van der Waals surface area contributed by atoms with Crippen LogP contribution >= 0.6 is 0 Å². The first-order valence-corrected chi connectivity index (χ1v) is 4.38. The Morgan fingerprint density at radius 1 is 1.43 bits per heavy atom. The molecule has 1 aliphatic heterocycles. The number of likely N-dealkylation sites (N-methyl/N-ethyl adjacent to an activating group) is 1. The van der Waals surface area contributed by atoms with Crippen LogP contribution in [0.3, 0.4) is 0 Å². The first-order chi connectivity index (χ1) is 6.44. The number of halogens is 3. The average molecular weight is 213 g/mol. The molecule has 0 aromatic rings. The highest BCUT2D eigenvalue weighted by Crippen LogP contribution is 2.27. The molecule has 0 unspecified atom stereocenters. The van der Waals surface area contributed by atoms with E-state index >= 15 is 0 Å². The van der Waals surface area contributed by atoms with Gasteiger partial charge in [0.25, 0.3) is 0 Å². The summed E-state index contributed by atoms with van der Waals surface area (Å²) in [6, 6.07) is -0.304. The molecular weight excluding hydrogens is 199 g/mol. The third kappa shape index (κ3) is 3.11. The summed E-state index contributed by atoms with van der Waals surface area (Å²) in [5.74, 6) is 0. The molecule has 1 fully saturated rings. The maximum absolute atomic E-state index is 12.0. The van der Waals surface area contributed by atoms with Crippen LogP contribution < -0.4 is 0 Å². The number of rotatable bonds is 3. The molecule has 1 aliphatic rings. The first kappa shape index (κ1) is 11.7. The molecular formula is C8H14F3NO2. The quantitative estimate of drug-likeness (QED) is 0.704. The number of ether oxygens (including phenoxy) is 2. The fourth-order valence-electron chi connectivity index (χ4n) is 1.69. The average Bonchev–Trinajstić information content (AvgIpc) is 2.33. The van der Waals surface area contributed by atoms with Gasteiger partial charge in [0.2, 0.25) is 0 Å². The topological polar surface area (TPSA) is 21.7 Å². The summed E-state index contributed by atoms with van der Waals surface area (Å²) in [5, 5.41) is 0. The Morgan fingerprint density at radius 3 is 2.57 bits per heavy atom. The zero-order chi connectivity index (χ0) is 10.8. The van der Waals surface area contributed by atoms with Crippen LogP contribution in [0.25, 0.3) is 0 Å². The van der Waals surface area contributed by atoms with Crippen LogP contribution in [0.15, 0.2) is 0 Å². The minimum absolute atomic E-state index is 0.261. The highest BCUT2D eigenvalue weighted by molar-refractivity contribution is 4.86. The van der Waals surface area contributed by atoms with Crippen molar-refractivity contribution in [1.82, 2.24) is 4.90 Å². The van der Waals surface area contributed by atoms with E-state index in [1.807, 2.05) is 4.90 Å². The first-order valence-electron chi connectivity index (χ1n) is 4.38. The minimum Gasteiger partial charge on any atom is -0.383 e. The lowest BCUT2D eigenvalue weighted by Gasteiger charge is -2.24. The molecule has 0 aliphatic carbocycles. The van der Waals surface area contributed by atoms with E-state index in [1.54, 1.807) is 7.05 Å². The standard InChI is InChI=1S/C8H14F3NO2/c1-12-4-3-7(6(12)5-13-2)14-8(9,10)11/h6-7H,3-5H2,1-2H3/t6-,7+/m1/s1. The Balaban J connectivity index is 2.51. The summed E-state index contributed by atoms with van der Waals surface area (Å²) in [6.07, 6.45) is -4.97. The molecule has 0 amide bonds. The van der Waals surface area contributed by atoms with Gasteiger partial charge in [0.1, 0.15) is 0 Å². The maximum Gasteiger partial charge on any atom is 0.522 e. The van der Waals surface area contributed by atoms with E-state index in [4.69, 9.17) is 4.74 Å². The number of hydrogen-bond acceptors (Lipinski definition) is 3. The molecule has 1 rings (SSSR count). The molecule has 0 saturated carbocycles. The van der Waals surface area contributed by atoms with E-state index in [-0.39, 0.29) is 12.6 Å². The van der Waals surface area contributed by atoms with Gasteiger partial charge in [-0.3, -0.25) is 9.64 Å². The van der Waals surface area contributed by atoms with Gasteiger partial charge < -0.3 is 4.74 Å². The Morgan fingerprint density at radius 2 is 2.07 bits per heavy atom. The molecule has 0 aromatic carbocycles.